The van der Waals surface area contributed by atoms with E-state index >= 15 is 0 Å². The van der Waals surface area contributed by atoms with Gasteiger partial charge in [0.2, 0.25) is 0 Å². The summed E-state index contributed by atoms with van der Waals surface area (Å²) in [5, 5.41) is 0. The van der Waals surface area contributed by atoms with E-state index in [1.165, 1.54) is 0 Å². The van der Waals surface area contributed by atoms with Crippen molar-refractivity contribution in [2.45, 2.75) is 53.0 Å². The monoisotopic (exact) mass is 570 g/mol. The molecule has 1 aliphatic heterocycles. The molecule has 1 aliphatic carbocycles. The summed E-state index contributed by atoms with van der Waals surface area (Å²) in [6.07, 6.45) is -13.8. The Hall–Kier alpha value is -3.23. The third-order valence-corrected chi connectivity index (χ3v) is 9.69. The summed E-state index contributed by atoms with van der Waals surface area (Å²) in [4.78, 5) is 24.5. The molecule has 1 fully saturated rings. The lowest BCUT2D eigenvalue weighted by molar-refractivity contribution is -0.348. The van der Waals surface area contributed by atoms with Crippen LogP contribution in [0.15, 0.2) is 47.4 Å². The molecule has 2 N–H and O–H groups in total. The quantitative estimate of drug-likeness (QED) is 0.345. The van der Waals surface area contributed by atoms with Crippen molar-refractivity contribution in [1.82, 2.24) is 4.90 Å². The number of aryl methyl sites for hydroxylation is 1. The van der Waals surface area contributed by atoms with E-state index in [1.54, 1.807) is 0 Å². The van der Waals surface area contributed by atoms with E-state index in [0.717, 1.165) is 29.2 Å². The Kier molecular flexibility index (Phi) is 6.32. The minimum Gasteiger partial charge on any atom is -0.361 e. The van der Waals surface area contributed by atoms with Crippen LogP contribution in [0.2, 0.25) is 0 Å². The molecule has 2 amide bonds. The van der Waals surface area contributed by atoms with Crippen LogP contribution in [0.1, 0.15) is 29.5 Å². The minimum absolute atomic E-state index is 0.211. The highest BCUT2D eigenvalue weighted by atomic mass is 32.2. The number of amides is 2. The van der Waals surface area contributed by atoms with E-state index in [2.05, 4.69) is 0 Å². The topological polar surface area (TPSA) is 97.5 Å². The Morgan fingerprint density at radius 1 is 0.947 bits per heavy atom. The molecule has 2 atom stereocenters. The van der Waals surface area contributed by atoms with Crippen molar-refractivity contribution >= 4 is 21.7 Å². The summed E-state index contributed by atoms with van der Waals surface area (Å²) in [7, 11) is -4.64. The molecule has 0 saturated carbocycles. The Bertz CT molecular complexity index is 1390. The Labute approximate surface area is 210 Å². The fourth-order valence-corrected chi connectivity index (χ4v) is 7.81. The summed E-state index contributed by atoms with van der Waals surface area (Å²) in [5.41, 5.74) is -3.01. The van der Waals surface area contributed by atoms with E-state index in [1.807, 2.05) is 0 Å². The Balaban J connectivity index is 1.97. The van der Waals surface area contributed by atoms with Gasteiger partial charge >= 0.3 is 29.8 Å². The number of hydrogen-bond donors (Lipinski definition) is 1. The molecule has 0 bridgehead atoms. The minimum atomic E-state index is -6.38. The maximum Gasteiger partial charge on any atom is 0.435 e. The van der Waals surface area contributed by atoms with Crippen LogP contribution in [0.4, 0.5) is 35.1 Å². The summed E-state index contributed by atoms with van der Waals surface area (Å²) < 4.78 is 134. The van der Waals surface area contributed by atoms with Crippen molar-refractivity contribution in [2.75, 3.05) is 6.54 Å². The van der Waals surface area contributed by atoms with Gasteiger partial charge in [0, 0.05) is 12.1 Å². The fraction of sp³-hybridized carbons (Fsp3) is 0.391. The average molecular weight is 570 g/mol. The van der Waals surface area contributed by atoms with Crippen molar-refractivity contribution in [1.29, 1.82) is 0 Å². The fourth-order valence-electron chi connectivity index (χ4n) is 5.44. The molecule has 2 aromatic carbocycles. The molecule has 206 valence electrons. The van der Waals surface area contributed by atoms with Gasteiger partial charge in [0.15, 0.2) is 9.84 Å². The van der Waals surface area contributed by atoms with Gasteiger partial charge in [0.25, 0.3) is 0 Å². The molecule has 0 spiro atoms. The van der Waals surface area contributed by atoms with Gasteiger partial charge in [-0.3, -0.25) is 9.59 Å². The second-order valence-electron chi connectivity index (χ2n) is 9.04. The zero-order chi connectivity index (χ0) is 28.5. The largest absolute Gasteiger partial charge is 0.435 e. The van der Waals surface area contributed by atoms with E-state index in [0.29, 0.717) is 12.1 Å². The molecule has 1 heterocycles. The highest BCUT2D eigenvalue weighted by Gasteiger charge is 2.73. The first-order valence-corrected chi connectivity index (χ1v) is 12.4. The molecule has 38 heavy (non-hydrogen) atoms. The predicted octanol–water partition coefficient (Wildman–Crippen LogP) is 3.82. The van der Waals surface area contributed by atoms with Crippen molar-refractivity contribution in [2.24, 2.45) is 5.73 Å². The van der Waals surface area contributed by atoms with Gasteiger partial charge in [-0.15, -0.1) is 0 Å². The highest BCUT2D eigenvalue weighted by Crippen LogP contribution is 2.56. The lowest BCUT2D eigenvalue weighted by atomic mass is 9.76. The lowest BCUT2D eigenvalue weighted by Crippen LogP contribution is -2.54. The van der Waals surface area contributed by atoms with Crippen molar-refractivity contribution in [3.05, 3.63) is 65.0 Å². The number of fused-ring (bicyclic) bond motifs is 3. The smallest absolute Gasteiger partial charge is 0.361 e. The zero-order valence-electron chi connectivity index (χ0n) is 19.0. The predicted molar refractivity (Wildman–Crippen MR) is 114 cm³/mol. The number of hydrogen-bond acceptors (Lipinski definition) is 4. The third-order valence-electron chi connectivity index (χ3n) is 7.14. The van der Waals surface area contributed by atoms with Crippen LogP contribution in [-0.4, -0.2) is 50.1 Å². The summed E-state index contributed by atoms with van der Waals surface area (Å²) in [5.74, 6) is -3.43. The van der Waals surface area contributed by atoms with Gasteiger partial charge in [0.05, 0.1) is 10.9 Å². The van der Waals surface area contributed by atoms with E-state index in [-0.39, 0.29) is 36.6 Å². The number of benzene rings is 2. The van der Waals surface area contributed by atoms with Crippen LogP contribution in [0.5, 0.6) is 0 Å². The summed E-state index contributed by atoms with van der Waals surface area (Å²) in [6, 6.07) is 3.40. The van der Waals surface area contributed by atoms with Gasteiger partial charge in [0.1, 0.15) is 10.6 Å². The number of nitrogens with zero attached hydrogens (tertiary/aromatic N) is 1. The van der Waals surface area contributed by atoms with Crippen molar-refractivity contribution in [3.63, 3.8) is 0 Å². The molecular formula is C23H18F8N2O4S. The van der Waals surface area contributed by atoms with Gasteiger partial charge in [-0.2, -0.15) is 26.3 Å². The molecule has 2 aromatic rings. The number of sulfone groups is 1. The number of primary amides is 1. The molecule has 1 saturated heterocycles. The third kappa shape index (κ3) is 3.76. The molecule has 0 unspecified atom stereocenters. The number of likely N-dealkylation sites (tertiary alicyclic amines) is 1. The van der Waals surface area contributed by atoms with Gasteiger partial charge in [-0.25, -0.2) is 17.2 Å². The van der Waals surface area contributed by atoms with Crippen LogP contribution in [-0.2, 0) is 36.3 Å². The summed E-state index contributed by atoms with van der Waals surface area (Å²) >= 11 is 0. The van der Waals surface area contributed by atoms with E-state index < -0.39 is 73.2 Å². The van der Waals surface area contributed by atoms with Gasteiger partial charge < -0.3 is 10.6 Å². The van der Waals surface area contributed by atoms with Crippen LogP contribution >= 0.6 is 0 Å². The molecule has 2 aliphatic rings. The number of rotatable bonds is 3. The van der Waals surface area contributed by atoms with Crippen LogP contribution < -0.4 is 5.73 Å². The number of halogens is 8. The molecule has 4 rings (SSSR count). The highest BCUT2D eigenvalue weighted by molar-refractivity contribution is 7.92. The zero-order valence-corrected chi connectivity index (χ0v) is 19.9. The van der Waals surface area contributed by atoms with E-state index in [4.69, 9.17) is 5.73 Å². The van der Waals surface area contributed by atoms with Crippen LogP contribution in [0.3, 0.4) is 0 Å². The van der Waals surface area contributed by atoms with Crippen molar-refractivity contribution in [3.8, 4) is 0 Å². The second kappa shape index (κ2) is 8.64. The molecule has 0 aromatic heterocycles. The molecule has 0 radical (unpaired) electrons. The average Bonchev–Trinajstić information content (AvgIpc) is 3.23. The number of nitrogens with two attached hydrogens (primary N) is 1. The maximum absolute atomic E-state index is 14.8. The molecular weight excluding hydrogens is 552 g/mol. The van der Waals surface area contributed by atoms with Crippen molar-refractivity contribution < 1.29 is 53.1 Å². The summed E-state index contributed by atoms with van der Waals surface area (Å²) in [6.45, 7) is -0.341. The SMILES string of the molecule is NC(=O)C(=O)N1CC[C@@]2(S(=O)(=O)c3ccc(F)cc3)c3ccc(C(F)(C(F)(F)F)C(F)(F)F)cc3CC[C@@H]12. The number of carbonyl (C=O) groups is 2. The number of alkyl halides is 7. The lowest BCUT2D eigenvalue weighted by Gasteiger charge is -2.42. The standard InChI is InChI=1S/C23H18F8N2O4S/c24-14-3-5-15(6-4-14)38(36,37)20-9-10-33(19(35)18(32)34)17(20)8-1-12-11-13(2-7-16(12)20)21(25,22(26,27)28)23(29,30)31/h2-7,11,17H,1,8-10H2,(H2,32,34)/t17-,20-/m1/s1. The van der Waals surface area contributed by atoms with Crippen LogP contribution in [0, 0.1) is 5.82 Å². The first-order chi connectivity index (χ1) is 17.4. The van der Waals surface area contributed by atoms with E-state index in [9.17, 15) is 53.1 Å². The molecule has 6 nitrogen and oxygen atoms in total. The van der Waals surface area contributed by atoms with Crippen LogP contribution in [0.25, 0.3) is 0 Å². The number of carbonyl (C=O) groups excluding carboxylic acids is 2. The molecule has 15 heteroatoms. The maximum atomic E-state index is 14.8. The van der Waals surface area contributed by atoms with Gasteiger partial charge in [-0.05, 0) is 54.7 Å². The van der Waals surface area contributed by atoms with Gasteiger partial charge in [-0.1, -0.05) is 18.2 Å². The Morgan fingerprint density at radius 3 is 2.05 bits per heavy atom. The second-order valence-corrected chi connectivity index (χ2v) is 11.2. The first kappa shape index (κ1) is 27.8. The Morgan fingerprint density at radius 2 is 1.53 bits per heavy atom. The normalized spacial score (nSPS) is 22.1. The first-order valence-electron chi connectivity index (χ1n) is 11.0.